The zero-order valence-corrected chi connectivity index (χ0v) is 12.6. The number of nitrogens with one attached hydrogen (secondary N) is 1. The van der Waals surface area contributed by atoms with E-state index in [9.17, 15) is 9.59 Å². The van der Waals surface area contributed by atoms with E-state index in [2.05, 4.69) is 10.5 Å². The number of nitrogens with zero attached hydrogens (tertiary/aromatic N) is 1. The van der Waals surface area contributed by atoms with Crippen molar-refractivity contribution in [3.8, 4) is 11.5 Å². The van der Waals surface area contributed by atoms with Crippen LogP contribution in [0.4, 0.5) is 0 Å². The van der Waals surface area contributed by atoms with Crippen molar-refractivity contribution >= 4 is 17.9 Å². The maximum absolute atomic E-state index is 11.7. The number of amides is 1. The second-order valence-electron chi connectivity index (χ2n) is 4.46. The minimum atomic E-state index is -0.479. The molecule has 1 amide bonds. The Hall–Kier alpha value is -3.15. The number of benzene rings is 2. The van der Waals surface area contributed by atoms with Crippen LogP contribution in [-0.2, 0) is 4.79 Å². The van der Waals surface area contributed by atoms with Crippen LogP contribution in [0.15, 0.2) is 59.7 Å². The quantitative estimate of drug-likeness (QED) is 0.482. The number of carbonyl (C=O) groups is 2. The Bertz CT molecular complexity index is 699. The second kappa shape index (κ2) is 8.33. The highest BCUT2D eigenvalue weighted by Gasteiger charge is 2.06. The Kier molecular flexibility index (Phi) is 5.88. The molecule has 0 aliphatic rings. The summed E-state index contributed by atoms with van der Waals surface area (Å²) < 4.78 is 10.4. The first-order chi connectivity index (χ1) is 11.2. The van der Waals surface area contributed by atoms with Gasteiger partial charge in [-0.3, -0.25) is 9.59 Å². The SMILES string of the molecule is COc1ccccc1OCC(=O)N/N=C/C(=O)c1ccccc1. The minimum Gasteiger partial charge on any atom is -0.493 e. The maximum atomic E-state index is 11.7. The van der Waals surface area contributed by atoms with Crippen molar-refractivity contribution in [3.63, 3.8) is 0 Å². The fourth-order valence-corrected chi connectivity index (χ4v) is 1.75. The molecule has 6 heteroatoms. The molecular weight excluding hydrogens is 296 g/mol. The molecule has 0 aliphatic carbocycles. The summed E-state index contributed by atoms with van der Waals surface area (Å²) in [5, 5.41) is 3.62. The lowest BCUT2D eigenvalue weighted by atomic mass is 10.1. The Balaban J connectivity index is 1.81. The van der Waals surface area contributed by atoms with Gasteiger partial charge in [0, 0.05) is 5.56 Å². The predicted molar refractivity (Wildman–Crippen MR) is 85.9 cm³/mol. The Morgan fingerprint density at radius 3 is 2.39 bits per heavy atom. The molecule has 0 unspecified atom stereocenters. The molecule has 0 saturated heterocycles. The van der Waals surface area contributed by atoms with Crippen molar-refractivity contribution in [2.24, 2.45) is 5.10 Å². The van der Waals surface area contributed by atoms with Crippen molar-refractivity contribution in [3.05, 3.63) is 60.2 Å². The standard InChI is InChI=1S/C17H16N2O4/c1-22-15-9-5-6-10-16(15)23-12-17(21)19-18-11-14(20)13-7-3-2-4-8-13/h2-11H,12H2,1H3,(H,19,21)/b18-11+. The summed E-state index contributed by atoms with van der Waals surface area (Å²) in [6.45, 7) is -0.239. The van der Waals surface area contributed by atoms with Crippen LogP contribution >= 0.6 is 0 Å². The molecule has 0 fully saturated rings. The third kappa shape index (κ3) is 4.96. The first kappa shape index (κ1) is 16.2. The molecular formula is C17H16N2O4. The van der Waals surface area contributed by atoms with Gasteiger partial charge in [0.2, 0.25) is 5.78 Å². The number of para-hydroxylation sites is 2. The van der Waals surface area contributed by atoms with Gasteiger partial charge in [0.25, 0.3) is 5.91 Å². The number of ketones is 1. The van der Waals surface area contributed by atoms with Crippen molar-refractivity contribution < 1.29 is 19.1 Å². The molecule has 0 saturated carbocycles. The van der Waals surface area contributed by atoms with Crippen molar-refractivity contribution in [1.82, 2.24) is 5.43 Å². The van der Waals surface area contributed by atoms with Gasteiger partial charge in [-0.1, -0.05) is 42.5 Å². The maximum Gasteiger partial charge on any atom is 0.277 e. The van der Waals surface area contributed by atoms with Gasteiger partial charge in [0.1, 0.15) is 0 Å². The van der Waals surface area contributed by atoms with Gasteiger partial charge in [-0.05, 0) is 12.1 Å². The lowest BCUT2D eigenvalue weighted by Crippen LogP contribution is -2.25. The highest BCUT2D eigenvalue weighted by molar-refractivity contribution is 6.35. The summed E-state index contributed by atoms with van der Waals surface area (Å²) in [6.07, 6.45) is 1.05. The topological polar surface area (TPSA) is 77.0 Å². The summed E-state index contributed by atoms with van der Waals surface area (Å²) in [6, 6.07) is 15.6. The monoisotopic (exact) mass is 312 g/mol. The number of hydrogen-bond donors (Lipinski definition) is 1. The number of ether oxygens (including phenoxy) is 2. The lowest BCUT2D eigenvalue weighted by Gasteiger charge is -2.09. The van der Waals surface area contributed by atoms with Gasteiger partial charge >= 0.3 is 0 Å². The van der Waals surface area contributed by atoms with E-state index in [1.807, 2.05) is 6.07 Å². The molecule has 0 aromatic heterocycles. The Morgan fingerprint density at radius 2 is 1.70 bits per heavy atom. The van der Waals surface area contributed by atoms with Crippen LogP contribution in [0.3, 0.4) is 0 Å². The molecule has 6 nitrogen and oxygen atoms in total. The van der Waals surface area contributed by atoms with Gasteiger partial charge < -0.3 is 9.47 Å². The van der Waals surface area contributed by atoms with E-state index in [1.54, 1.807) is 48.5 Å². The lowest BCUT2D eigenvalue weighted by molar-refractivity contribution is -0.123. The normalized spacial score (nSPS) is 10.3. The first-order valence-electron chi connectivity index (χ1n) is 6.88. The zero-order valence-electron chi connectivity index (χ0n) is 12.6. The molecule has 0 bridgehead atoms. The van der Waals surface area contributed by atoms with Crippen LogP contribution in [0, 0.1) is 0 Å². The molecule has 0 aliphatic heterocycles. The summed E-state index contributed by atoms with van der Waals surface area (Å²) in [7, 11) is 1.52. The van der Waals surface area contributed by atoms with Gasteiger partial charge in [0.15, 0.2) is 18.1 Å². The van der Waals surface area contributed by atoms with Gasteiger partial charge in [0.05, 0.1) is 13.3 Å². The molecule has 2 rings (SSSR count). The predicted octanol–water partition coefficient (Wildman–Crippen LogP) is 2.06. The Labute approximate surface area is 133 Å². The van der Waals surface area contributed by atoms with Crippen molar-refractivity contribution in [1.29, 1.82) is 0 Å². The average Bonchev–Trinajstić information content (AvgIpc) is 2.60. The zero-order chi connectivity index (χ0) is 16.5. The fourth-order valence-electron chi connectivity index (χ4n) is 1.75. The highest BCUT2D eigenvalue weighted by atomic mass is 16.5. The van der Waals surface area contributed by atoms with E-state index in [4.69, 9.17) is 9.47 Å². The van der Waals surface area contributed by atoms with E-state index >= 15 is 0 Å². The summed E-state index contributed by atoms with van der Waals surface area (Å²) in [5.41, 5.74) is 2.73. The molecule has 1 N–H and O–H groups in total. The van der Waals surface area contributed by atoms with Crippen LogP contribution in [0.5, 0.6) is 11.5 Å². The van der Waals surface area contributed by atoms with E-state index in [0.29, 0.717) is 17.1 Å². The number of Topliss-reactive ketones (excluding diaryl/α,β-unsaturated/α-hetero) is 1. The van der Waals surface area contributed by atoms with E-state index in [0.717, 1.165) is 6.21 Å². The van der Waals surface area contributed by atoms with Crippen molar-refractivity contribution in [2.45, 2.75) is 0 Å². The second-order valence-corrected chi connectivity index (χ2v) is 4.46. The average molecular weight is 312 g/mol. The molecule has 0 heterocycles. The third-order valence-electron chi connectivity index (χ3n) is 2.86. The van der Waals surface area contributed by atoms with Crippen LogP contribution < -0.4 is 14.9 Å². The number of methoxy groups -OCH3 is 1. The summed E-state index contributed by atoms with van der Waals surface area (Å²) in [4.78, 5) is 23.4. The largest absolute Gasteiger partial charge is 0.493 e. The van der Waals surface area contributed by atoms with Crippen LogP contribution in [0.2, 0.25) is 0 Å². The third-order valence-corrected chi connectivity index (χ3v) is 2.86. The Morgan fingerprint density at radius 1 is 1.04 bits per heavy atom. The van der Waals surface area contributed by atoms with Crippen LogP contribution in [0.25, 0.3) is 0 Å². The summed E-state index contributed by atoms with van der Waals surface area (Å²) >= 11 is 0. The smallest absolute Gasteiger partial charge is 0.277 e. The molecule has 118 valence electrons. The molecule has 0 spiro atoms. The van der Waals surface area contributed by atoms with Crippen molar-refractivity contribution in [2.75, 3.05) is 13.7 Å². The first-order valence-corrected chi connectivity index (χ1v) is 6.88. The van der Waals surface area contributed by atoms with Crippen LogP contribution in [-0.4, -0.2) is 31.6 Å². The molecule has 0 radical (unpaired) electrons. The minimum absolute atomic E-state index is 0.239. The van der Waals surface area contributed by atoms with Gasteiger partial charge in [-0.25, -0.2) is 5.43 Å². The van der Waals surface area contributed by atoms with Gasteiger partial charge in [-0.15, -0.1) is 0 Å². The molecule has 2 aromatic rings. The summed E-state index contributed by atoms with van der Waals surface area (Å²) in [5.74, 6) is 0.210. The van der Waals surface area contributed by atoms with E-state index in [-0.39, 0.29) is 12.4 Å². The number of rotatable bonds is 7. The number of carbonyl (C=O) groups excluding carboxylic acids is 2. The molecule has 23 heavy (non-hydrogen) atoms. The van der Waals surface area contributed by atoms with E-state index in [1.165, 1.54) is 7.11 Å². The highest BCUT2D eigenvalue weighted by Crippen LogP contribution is 2.25. The number of hydrogen-bond acceptors (Lipinski definition) is 5. The molecule has 2 aromatic carbocycles. The fraction of sp³-hybridized carbons (Fsp3) is 0.118. The number of hydrazone groups is 1. The van der Waals surface area contributed by atoms with Crippen LogP contribution in [0.1, 0.15) is 10.4 Å². The van der Waals surface area contributed by atoms with E-state index < -0.39 is 5.91 Å². The van der Waals surface area contributed by atoms with Gasteiger partial charge in [-0.2, -0.15) is 5.10 Å². The molecule has 0 atom stereocenters.